The quantitative estimate of drug-likeness (QED) is 0.856. The van der Waals surface area contributed by atoms with Gasteiger partial charge in [0, 0.05) is 32.8 Å². The molecule has 5 nitrogen and oxygen atoms in total. The van der Waals surface area contributed by atoms with Crippen molar-refractivity contribution in [1.29, 1.82) is 0 Å². The first-order valence-corrected chi connectivity index (χ1v) is 7.86. The fraction of sp³-hybridized carbons (Fsp3) is 0.562. The van der Waals surface area contributed by atoms with Gasteiger partial charge in [-0.1, -0.05) is 12.1 Å². The van der Waals surface area contributed by atoms with Crippen LogP contribution < -0.4 is 4.90 Å². The summed E-state index contributed by atoms with van der Waals surface area (Å²) < 4.78 is 5.45. The number of benzene rings is 1. The number of hydrogen-bond acceptors (Lipinski definition) is 4. The van der Waals surface area contributed by atoms with Gasteiger partial charge in [0.15, 0.2) is 0 Å². The van der Waals surface area contributed by atoms with E-state index < -0.39 is 0 Å². The van der Waals surface area contributed by atoms with E-state index in [0.717, 1.165) is 62.9 Å². The Morgan fingerprint density at radius 3 is 2.95 bits per heavy atom. The van der Waals surface area contributed by atoms with Crippen LogP contribution in [0.5, 0.6) is 0 Å². The van der Waals surface area contributed by atoms with Crippen molar-refractivity contribution in [1.82, 2.24) is 14.9 Å². The zero-order valence-electron chi connectivity index (χ0n) is 12.7. The minimum atomic E-state index is 0.805. The van der Waals surface area contributed by atoms with E-state index in [2.05, 4.69) is 26.9 Å². The highest BCUT2D eigenvalue weighted by Gasteiger charge is 2.17. The number of anilines is 1. The minimum absolute atomic E-state index is 0.805. The molecule has 21 heavy (non-hydrogen) atoms. The molecule has 1 saturated heterocycles. The molecule has 1 aromatic carbocycles. The number of hydrogen-bond donors (Lipinski definition) is 1. The van der Waals surface area contributed by atoms with Gasteiger partial charge in [-0.05, 0) is 32.0 Å². The molecule has 1 N–H and O–H groups in total. The molecule has 1 aliphatic heterocycles. The number of nitrogens with zero attached hydrogens (tertiary/aromatic N) is 3. The average molecular weight is 288 g/mol. The molecule has 2 aromatic rings. The summed E-state index contributed by atoms with van der Waals surface area (Å²) in [5.41, 5.74) is 2.16. The van der Waals surface area contributed by atoms with Gasteiger partial charge in [0.2, 0.25) is 5.95 Å². The number of ether oxygens (including phenoxy) is 1. The second-order valence-corrected chi connectivity index (χ2v) is 5.46. The van der Waals surface area contributed by atoms with Crippen molar-refractivity contribution in [3.63, 3.8) is 0 Å². The van der Waals surface area contributed by atoms with Crippen molar-refractivity contribution in [2.45, 2.75) is 13.3 Å². The Morgan fingerprint density at radius 1 is 1.19 bits per heavy atom. The number of para-hydroxylation sites is 2. The molecule has 0 unspecified atom stereocenters. The van der Waals surface area contributed by atoms with E-state index >= 15 is 0 Å². The number of H-pyrrole nitrogens is 1. The van der Waals surface area contributed by atoms with Gasteiger partial charge in [-0.25, -0.2) is 4.98 Å². The fourth-order valence-corrected chi connectivity index (χ4v) is 2.83. The summed E-state index contributed by atoms with van der Waals surface area (Å²) in [6.45, 7) is 9.01. The maximum Gasteiger partial charge on any atom is 0.203 e. The van der Waals surface area contributed by atoms with Crippen LogP contribution in [0.25, 0.3) is 11.0 Å². The summed E-state index contributed by atoms with van der Waals surface area (Å²) in [5.74, 6) is 1.00. The first kappa shape index (κ1) is 14.4. The van der Waals surface area contributed by atoms with Gasteiger partial charge in [0.05, 0.1) is 17.6 Å². The summed E-state index contributed by atoms with van der Waals surface area (Å²) in [6.07, 6.45) is 1.17. The third kappa shape index (κ3) is 3.54. The fourth-order valence-electron chi connectivity index (χ4n) is 2.83. The van der Waals surface area contributed by atoms with Crippen LogP contribution in [0.2, 0.25) is 0 Å². The number of aromatic amines is 1. The molecule has 0 amide bonds. The van der Waals surface area contributed by atoms with Gasteiger partial charge in [-0.2, -0.15) is 0 Å². The van der Waals surface area contributed by atoms with Crippen LogP contribution in [0.3, 0.4) is 0 Å². The van der Waals surface area contributed by atoms with Gasteiger partial charge < -0.3 is 14.6 Å². The standard InChI is InChI=1S/C16H24N4O/c1-2-21-13-12-19-8-5-9-20(11-10-19)16-17-14-6-3-4-7-15(14)18-16/h3-4,6-7H,2,5,8-13H2,1H3,(H,17,18). The molecule has 2 heterocycles. The van der Waals surface area contributed by atoms with Gasteiger partial charge in [0.1, 0.15) is 0 Å². The predicted octanol–water partition coefficient (Wildman–Crippen LogP) is 2.11. The molecule has 0 aliphatic carbocycles. The first-order valence-electron chi connectivity index (χ1n) is 7.86. The third-order valence-corrected chi connectivity index (χ3v) is 4.02. The second-order valence-electron chi connectivity index (χ2n) is 5.46. The molecule has 0 bridgehead atoms. The molecule has 114 valence electrons. The molecule has 0 spiro atoms. The molecule has 1 fully saturated rings. The van der Waals surface area contributed by atoms with Crippen LogP contribution in [0.1, 0.15) is 13.3 Å². The van der Waals surface area contributed by atoms with Crippen LogP contribution in [0.4, 0.5) is 5.95 Å². The highest BCUT2D eigenvalue weighted by molar-refractivity contribution is 5.77. The van der Waals surface area contributed by atoms with Crippen molar-refractivity contribution in [2.24, 2.45) is 0 Å². The highest BCUT2D eigenvalue weighted by Crippen LogP contribution is 2.18. The molecular weight excluding hydrogens is 264 g/mol. The summed E-state index contributed by atoms with van der Waals surface area (Å²) in [7, 11) is 0. The Kier molecular flexibility index (Phi) is 4.72. The molecule has 1 aromatic heterocycles. The Labute approximate surface area is 125 Å². The Bertz CT molecular complexity index is 535. The lowest BCUT2D eigenvalue weighted by Crippen LogP contribution is -2.33. The number of imidazole rings is 1. The summed E-state index contributed by atoms with van der Waals surface area (Å²) in [5, 5.41) is 0. The number of rotatable bonds is 5. The first-order chi connectivity index (χ1) is 10.4. The van der Waals surface area contributed by atoms with Gasteiger partial charge in [-0.15, -0.1) is 0 Å². The zero-order chi connectivity index (χ0) is 14.5. The molecule has 3 rings (SSSR count). The van der Waals surface area contributed by atoms with Crippen LogP contribution in [-0.4, -0.2) is 60.8 Å². The summed E-state index contributed by atoms with van der Waals surface area (Å²) in [4.78, 5) is 13.0. The van der Waals surface area contributed by atoms with E-state index in [1.165, 1.54) is 6.42 Å². The van der Waals surface area contributed by atoms with Gasteiger partial charge in [0.25, 0.3) is 0 Å². The number of fused-ring (bicyclic) bond motifs is 1. The molecule has 0 atom stereocenters. The summed E-state index contributed by atoms with van der Waals surface area (Å²) >= 11 is 0. The van der Waals surface area contributed by atoms with Crippen molar-refractivity contribution < 1.29 is 4.74 Å². The van der Waals surface area contributed by atoms with Crippen molar-refractivity contribution in [3.8, 4) is 0 Å². The van der Waals surface area contributed by atoms with Gasteiger partial charge in [-0.3, -0.25) is 4.90 Å². The minimum Gasteiger partial charge on any atom is -0.380 e. The molecule has 5 heteroatoms. The topological polar surface area (TPSA) is 44.4 Å². The molecular formula is C16H24N4O. The Hall–Kier alpha value is -1.59. The molecule has 0 radical (unpaired) electrons. The van der Waals surface area contributed by atoms with E-state index in [0.29, 0.717) is 0 Å². The number of nitrogens with one attached hydrogen (secondary N) is 1. The number of aromatic nitrogens is 2. The van der Waals surface area contributed by atoms with E-state index in [1.54, 1.807) is 0 Å². The van der Waals surface area contributed by atoms with Crippen molar-refractivity contribution in [3.05, 3.63) is 24.3 Å². The van der Waals surface area contributed by atoms with Crippen molar-refractivity contribution >= 4 is 17.0 Å². The largest absolute Gasteiger partial charge is 0.380 e. The lowest BCUT2D eigenvalue weighted by atomic mass is 10.3. The third-order valence-electron chi connectivity index (χ3n) is 4.02. The Balaban J connectivity index is 1.61. The maximum absolute atomic E-state index is 5.45. The summed E-state index contributed by atoms with van der Waals surface area (Å²) in [6, 6.07) is 8.21. The van der Waals surface area contributed by atoms with E-state index in [1.807, 2.05) is 19.1 Å². The maximum atomic E-state index is 5.45. The Morgan fingerprint density at radius 2 is 2.10 bits per heavy atom. The normalized spacial score (nSPS) is 17.3. The van der Waals surface area contributed by atoms with Crippen LogP contribution in [0, 0.1) is 0 Å². The monoisotopic (exact) mass is 288 g/mol. The highest BCUT2D eigenvalue weighted by atomic mass is 16.5. The van der Waals surface area contributed by atoms with Crippen molar-refractivity contribution in [2.75, 3.05) is 50.8 Å². The van der Waals surface area contributed by atoms with E-state index in [9.17, 15) is 0 Å². The van der Waals surface area contributed by atoms with E-state index in [4.69, 9.17) is 9.72 Å². The predicted molar refractivity (Wildman–Crippen MR) is 85.9 cm³/mol. The smallest absolute Gasteiger partial charge is 0.203 e. The lowest BCUT2D eigenvalue weighted by Gasteiger charge is -2.21. The van der Waals surface area contributed by atoms with Crippen LogP contribution in [0.15, 0.2) is 24.3 Å². The zero-order valence-corrected chi connectivity index (χ0v) is 12.7. The second kappa shape index (κ2) is 6.91. The molecule has 1 aliphatic rings. The SMILES string of the molecule is CCOCCN1CCCN(c2nc3ccccc3[nH]2)CC1. The van der Waals surface area contributed by atoms with Crippen LogP contribution in [-0.2, 0) is 4.74 Å². The van der Waals surface area contributed by atoms with Gasteiger partial charge >= 0.3 is 0 Å². The molecule has 0 saturated carbocycles. The van der Waals surface area contributed by atoms with Crippen LogP contribution >= 0.6 is 0 Å². The lowest BCUT2D eigenvalue weighted by molar-refractivity contribution is 0.116. The van der Waals surface area contributed by atoms with E-state index in [-0.39, 0.29) is 0 Å². The average Bonchev–Trinajstić information content (AvgIpc) is 2.80.